The number of carbonyl (C=O) groups is 1. The van der Waals surface area contributed by atoms with Crippen LogP contribution in [0.15, 0.2) is 29.9 Å². The van der Waals surface area contributed by atoms with Crippen LogP contribution >= 0.6 is 22.9 Å². The van der Waals surface area contributed by atoms with Gasteiger partial charge in [0.15, 0.2) is 0 Å². The summed E-state index contributed by atoms with van der Waals surface area (Å²) in [4.78, 5) is 22.6. The quantitative estimate of drug-likeness (QED) is 0.865. The molecule has 6 heteroatoms. The Hall–Kier alpha value is -1.46. The van der Waals surface area contributed by atoms with E-state index < -0.39 is 0 Å². The van der Waals surface area contributed by atoms with E-state index in [4.69, 9.17) is 11.6 Å². The Kier molecular flexibility index (Phi) is 4.28. The fourth-order valence-electron chi connectivity index (χ4n) is 1.44. The fourth-order valence-corrected chi connectivity index (χ4v) is 2.51. The molecule has 0 aliphatic rings. The van der Waals surface area contributed by atoms with E-state index in [-0.39, 0.29) is 5.91 Å². The predicted molar refractivity (Wildman–Crippen MR) is 72.0 cm³/mol. The van der Waals surface area contributed by atoms with Gasteiger partial charge in [-0.2, -0.15) is 0 Å². The highest BCUT2D eigenvalue weighted by Gasteiger charge is 2.13. The first kappa shape index (κ1) is 13.0. The van der Waals surface area contributed by atoms with Gasteiger partial charge in [-0.3, -0.25) is 4.79 Å². The molecule has 0 saturated carbocycles. The van der Waals surface area contributed by atoms with Gasteiger partial charge >= 0.3 is 0 Å². The maximum absolute atomic E-state index is 12.0. The smallest absolute Gasteiger partial charge is 0.263 e. The largest absolute Gasteiger partial charge is 0.341 e. The molecular formula is C12H12ClN3OS. The van der Waals surface area contributed by atoms with E-state index in [1.54, 1.807) is 41.9 Å². The van der Waals surface area contributed by atoms with Gasteiger partial charge in [0.1, 0.15) is 5.82 Å². The normalized spacial score (nSPS) is 10.3. The molecule has 2 aromatic rings. The molecule has 0 aliphatic heterocycles. The molecule has 0 N–H and O–H groups in total. The second-order valence-electron chi connectivity index (χ2n) is 3.77. The lowest BCUT2D eigenvalue weighted by Gasteiger charge is -2.15. The third kappa shape index (κ3) is 3.27. The molecule has 2 rings (SSSR count). The molecule has 2 heterocycles. The lowest BCUT2D eigenvalue weighted by atomic mass is 10.3. The topological polar surface area (TPSA) is 46.1 Å². The van der Waals surface area contributed by atoms with Gasteiger partial charge in [-0.1, -0.05) is 11.6 Å². The second kappa shape index (κ2) is 5.93. The Bertz CT molecular complexity index is 529. The fraction of sp³-hybridized carbons (Fsp3) is 0.250. The van der Waals surface area contributed by atoms with Crippen molar-refractivity contribution in [1.82, 2.24) is 14.9 Å². The molecule has 0 saturated heterocycles. The van der Waals surface area contributed by atoms with Gasteiger partial charge in [0.2, 0.25) is 0 Å². The number of nitrogens with zero attached hydrogens (tertiary/aromatic N) is 3. The molecular weight excluding hydrogens is 270 g/mol. The minimum atomic E-state index is -0.0252. The van der Waals surface area contributed by atoms with Crippen molar-refractivity contribution in [2.24, 2.45) is 0 Å². The van der Waals surface area contributed by atoms with Gasteiger partial charge < -0.3 is 4.90 Å². The molecule has 0 bridgehead atoms. The number of hydrogen-bond acceptors (Lipinski definition) is 4. The Morgan fingerprint density at radius 3 is 2.78 bits per heavy atom. The lowest BCUT2D eigenvalue weighted by molar-refractivity contribution is 0.0801. The molecule has 4 nitrogen and oxygen atoms in total. The van der Waals surface area contributed by atoms with Crippen molar-refractivity contribution in [2.45, 2.75) is 6.42 Å². The lowest BCUT2D eigenvalue weighted by Crippen LogP contribution is -2.28. The van der Waals surface area contributed by atoms with E-state index in [1.807, 2.05) is 0 Å². The number of halogens is 1. The van der Waals surface area contributed by atoms with Gasteiger partial charge in [-0.25, -0.2) is 9.97 Å². The van der Waals surface area contributed by atoms with Crippen molar-refractivity contribution in [3.05, 3.63) is 45.6 Å². The van der Waals surface area contributed by atoms with Crippen LogP contribution in [0.2, 0.25) is 5.02 Å². The Labute approximate surface area is 114 Å². The van der Waals surface area contributed by atoms with Crippen LogP contribution in [-0.2, 0) is 6.42 Å². The number of rotatable bonds is 4. The standard InChI is InChI=1S/C12H12ClN3OS/c1-16(6-3-11-14-4-2-5-15-11)12(17)10-7-9(13)8-18-10/h2,4-5,7-8H,3,6H2,1H3. The molecule has 0 unspecified atom stereocenters. The molecule has 0 atom stereocenters. The molecule has 0 fully saturated rings. The maximum Gasteiger partial charge on any atom is 0.263 e. The van der Waals surface area contributed by atoms with E-state index in [0.29, 0.717) is 22.9 Å². The summed E-state index contributed by atoms with van der Waals surface area (Å²) in [6, 6.07) is 3.45. The van der Waals surface area contributed by atoms with Crippen LogP contribution in [0.1, 0.15) is 15.5 Å². The van der Waals surface area contributed by atoms with Crippen LogP contribution in [0, 0.1) is 0 Å². The van der Waals surface area contributed by atoms with Crippen LogP contribution in [0.25, 0.3) is 0 Å². The van der Waals surface area contributed by atoms with E-state index in [2.05, 4.69) is 9.97 Å². The van der Waals surface area contributed by atoms with Crippen molar-refractivity contribution in [3.8, 4) is 0 Å². The summed E-state index contributed by atoms with van der Waals surface area (Å²) in [7, 11) is 1.76. The second-order valence-corrected chi connectivity index (χ2v) is 5.12. The van der Waals surface area contributed by atoms with Crippen LogP contribution in [-0.4, -0.2) is 34.4 Å². The van der Waals surface area contributed by atoms with Gasteiger partial charge in [-0.15, -0.1) is 11.3 Å². The minimum Gasteiger partial charge on any atom is -0.341 e. The molecule has 0 aromatic carbocycles. The van der Waals surface area contributed by atoms with Crippen molar-refractivity contribution in [1.29, 1.82) is 0 Å². The van der Waals surface area contributed by atoms with Gasteiger partial charge in [0, 0.05) is 37.8 Å². The Morgan fingerprint density at radius 1 is 1.44 bits per heavy atom. The first-order valence-corrected chi connectivity index (χ1v) is 6.68. The Balaban J connectivity index is 1.92. The van der Waals surface area contributed by atoms with Crippen LogP contribution in [0.3, 0.4) is 0 Å². The first-order chi connectivity index (χ1) is 8.66. The average Bonchev–Trinajstić information content (AvgIpc) is 2.83. The average molecular weight is 282 g/mol. The minimum absolute atomic E-state index is 0.0252. The highest BCUT2D eigenvalue weighted by atomic mass is 35.5. The first-order valence-electron chi connectivity index (χ1n) is 5.42. The Morgan fingerprint density at radius 2 is 2.17 bits per heavy atom. The van der Waals surface area contributed by atoms with E-state index in [9.17, 15) is 4.79 Å². The van der Waals surface area contributed by atoms with Gasteiger partial charge in [0.25, 0.3) is 5.91 Å². The van der Waals surface area contributed by atoms with E-state index in [0.717, 1.165) is 5.82 Å². The van der Waals surface area contributed by atoms with Crippen LogP contribution < -0.4 is 0 Å². The highest BCUT2D eigenvalue weighted by molar-refractivity contribution is 7.12. The van der Waals surface area contributed by atoms with Crippen molar-refractivity contribution < 1.29 is 4.79 Å². The van der Waals surface area contributed by atoms with Crippen LogP contribution in [0.4, 0.5) is 0 Å². The van der Waals surface area contributed by atoms with Crippen molar-refractivity contribution in [3.63, 3.8) is 0 Å². The molecule has 2 aromatic heterocycles. The number of thiophene rings is 1. The van der Waals surface area contributed by atoms with E-state index >= 15 is 0 Å². The summed E-state index contributed by atoms with van der Waals surface area (Å²) in [5, 5.41) is 2.35. The zero-order valence-electron chi connectivity index (χ0n) is 9.84. The van der Waals surface area contributed by atoms with E-state index in [1.165, 1.54) is 11.3 Å². The predicted octanol–water partition coefficient (Wildman–Crippen LogP) is 2.51. The summed E-state index contributed by atoms with van der Waals surface area (Å²) in [6.07, 6.45) is 4.04. The summed E-state index contributed by atoms with van der Waals surface area (Å²) in [5.74, 6) is 0.712. The molecule has 94 valence electrons. The van der Waals surface area contributed by atoms with Crippen LogP contribution in [0.5, 0.6) is 0 Å². The molecule has 0 aliphatic carbocycles. The summed E-state index contributed by atoms with van der Waals surface area (Å²) >= 11 is 7.16. The number of amides is 1. The van der Waals surface area contributed by atoms with Crippen molar-refractivity contribution >= 4 is 28.8 Å². The summed E-state index contributed by atoms with van der Waals surface area (Å²) in [6.45, 7) is 0.582. The number of aromatic nitrogens is 2. The number of hydrogen-bond donors (Lipinski definition) is 0. The third-order valence-corrected chi connectivity index (χ3v) is 3.68. The molecule has 1 amide bonds. The van der Waals surface area contributed by atoms with Gasteiger partial charge in [-0.05, 0) is 12.1 Å². The highest BCUT2D eigenvalue weighted by Crippen LogP contribution is 2.20. The maximum atomic E-state index is 12.0. The summed E-state index contributed by atoms with van der Waals surface area (Å²) < 4.78 is 0. The monoisotopic (exact) mass is 281 g/mol. The SMILES string of the molecule is CN(CCc1ncccn1)C(=O)c1cc(Cl)cs1. The van der Waals surface area contributed by atoms with Gasteiger partial charge in [0.05, 0.1) is 9.90 Å². The number of carbonyl (C=O) groups excluding carboxylic acids is 1. The molecule has 18 heavy (non-hydrogen) atoms. The molecule has 0 radical (unpaired) electrons. The zero-order chi connectivity index (χ0) is 13.0. The molecule has 0 spiro atoms. The number of likely N-dealkylation sites (N-methyl/N-ethyl adjacent to an activating group) is 1. The summed E-state index contributed by atoms with van der Waals surface area (Å²) in [5.41, 5.74) is 0. The van der Waals surface area contributed by atoms with Crippen molar-refractivity contribution in [2.75, 3.05) is 13.6 Å². The third-order valence-electron chi connectivity index (χ3n) is 2.42. The zero-order valence-corrected chi connectivity index (χ0v) is 11.4.